The molecule has 2 aromatic heterocycles. The molecule has 6 heteroatoms. The molecule has 0 fully saturated rings. The quantitative estimate of drug-likeness (QED) is 0.455. The SMILES string of the molecule is C#Cc1cccc(Nc2ncnc3cnc(SC)nc23)c1. The third-order valence-corrected chi connectivity index (χ3v) is 3.39. The average molecular weight is 293 g/mol. The van der Waals surface area contributed by atoms with Gasteiger partial charge in [0, 0.05) is 11.3 Å². The largest absolute Gasteiger partial charge is 0.338 e. The second-order valence-corrected chi connectivity index (χ2v) is 4.94. The Labute approximate surface area is 126 Å². The molecule has 0 aliphatic rings. The Balaban J connectivity index is 2.05. The normalized spacial score (nSPS) is 10.3. The van der Waals surface area contributed by atoms with Gasteiger partial charge in [0.1, 0.15) is 17.4 Å². The molecule has 21 heavy (non-hydrogen) atoms. The number of nitrogens with zero attached hydrogens (tertiary/aromatic N) is 4. The van der Waals surface area contributed by atoms with Gasteiger partial charge in [-0.15, -0.1) is 6.42 Å². The molecule has 0 amide bonds. The summed E-state index contributed by atoms with van der Waals surface area (Å²) < 4.78 is 0. The fourth-order valence-corrected chi connectivity index (χ4v) is 2.19. The van der Waals surface area contributed by atoms with Crippen LogP contribution in [0.2, 0.25) is 0 Å². The van der Waals surface area contributed by atoms with Gasteiger partial charge in [0.25, 0.3) is 0 Å². The van der Waals surface area contributed by atoms with Gasteiger partial charge >= 0.3 is 0 Å². The molecule has 3 aromatic rings. The molecule has 0 aliphatic carbocycles. The summed E-state index contributed by atoms with van der Waals surface area (Å²) in [6.45, 7) is 0. The predicted molar refractivity (Wildman–Crippen MR) is 84.6 cm³/mol. The number of terminal acetylenes is 1. The van der Waals surface area contributed by atoms with Gasteiger partial charge in [0.2, 0.25) is 0 Å². The Morgan fingerprint density at radius 2 is 2.14 bits per heavy atom. The summed E-state index contributed by atoms with van der Waals surface area (Å²) >= 11 is 1.47. The van der Waals surface area contributed by atoms with E-state index in [1.807, 2.05) is 30.5 Å². The van der Waals surface area contributed by atoms with Gasteiger partial charge < -0.3 is 5.32 Å². The molecule has 0 bridgehead atoms. The van der Waals surface area contributed by atoms with Gasteiger partial charge in [-0.3, -0.25) is 0 Å². The van der Waals surface area contributed by atoms with E-state index in [2.05, 4.69) is 31.2 Å². The van der Waals surface area contributed by atoms with Crippen molar-refractivity contribution in [2.24, 2.45) is 0 Å². The highest BCUT2D eigenvalue weighted by Gasteiger charge is 2.07. The van der Waals surface area contributed by atoms with E-state index in [1.165, 1.54) is 18.1 Å². The zero-order valence-corrected chi connectivity index (χ0v) is 12.1. The second-order valence-electron chi connectivity index (χ2n) is 4.16. The zero-order valence-electron chi connectivity index (χ0n) is 11.2. The Morgan fingerprint density at radius 3 is 2.95 bits per heavy atom. The van der Waals surface area contributed by atoms with Crippen LogP contribution in [0.1, 0.15) is 5.56 Å². The average Bonchev–Trinajstić information content (AvgIpc) is 2.55. The van der Waals surface area contributed by atoms with Crippen molar-refractivity contribution in [3.8, 4) is 12.3 Å². The lowest BCUT2D eigenvalue weighted by Gasteiger charge is -2.08. The first-order valence-electron chi connectivity index (χ1n) is 6.15. The first kappa shape index (κ1) is 13.3. The van der Waals surface area contributed by atoms with E-state index in [4.69, 9.17) is 6.42 Å². The molecule has 2 heterocycles. The molecule has 3 rings (SSSR count). The molecule has 1 N–H and O–H groups in total. The maximum atomic E-state index is 5.41. The summed E-state index contributed by atoms with van der Waals surface area (Å²) in [5, 5.41) is 3.91. The lowest BCUT2D eigenvalue weighted by Crippen LogP contribution is -1.99. The number of hydrogen-bond donors (Lipinski definition) is 1. The highest BCUT2D eigenvalue weighted by molar-refractivity contribution is 7.98. The van der Waals surface area contributed by atoms with E-state index < -0.39 is 0 Å². The van der Waals surface area contributed by atoms with Crippen molar-refractivity contribution >= 4 is 34.3 Å². The molecule has 0 aliphatic heterocycles. The monoisotopic (exact) mass is 293 g/mol. The van der Waals surface area contributed by atoms with Crippen molar-refractivity contribution in [3.05, 3.63) is 42.4 Å². The van der Waals surface area contributed by atoms with Gasteiger partial charge in [-0.05, 0) is 24.5 Å². The molecule has 5 nitrogen and oxygen atoms in total. The number of rotatable bonds is 3. The topological polar surface area (TPSA) is 63.6 Å². The maximum Gasteiger partial charge on any atom is 0.188 e. The summed E-state index contributed by atoms with van der Waals surface area (Å²) in [6, 6.07) is 7.57. The molecule has 0 unspecified atom stereocenters. The Morgan fingerprint density at radius 1 is 1.24 bits per heavy atom. The molecule has 0 saturated carbocycles. The van der Waals surface area contributed by atoms with Crippen LogP contribution in [0.5, 0.6) is 0 Å². The number of anilines is 2. The van der Waals surface area contributed by atoms with Crippen LogP contribution in [-0.2, 0) is 0 Å². The van der Waals surface area contributed by atoms with Crippen molar-refractivity contribution in [1.29, 1.82) is 0 Å². The summed E-state index contributed by atoms with van der Waals surface area (Å²) in [6.07, 6.45) is 10.5. The van der Waals surface area contributed by atoms with Crippen molar-refractivity contribution in [3.63, 3.8) is 0 Å². The number of thioether (sulfide) groups is 1. The van der Waals surface area contributed by atoms with Gasteiger partial charge in [-0.2, -0.15) is 0 Å². The minimum atomic E-state index is 0.631. The van der Waals surface area contributed by atoms with Crippen molar-refractivity contribution < 1.29 is 0 Å². The molecule has 0 atom stereocenters. The highest BCUT2D eigenvalue weighted by Crippen LogP contribution is 2.22. The van der Waals surface area contributed by atoms with Crippen LogP contribution >= 0.6 is 11.8 Å². The van der Waals surface area contributed by atoms with E-state index >= 15 is 0 Å². The molecule has 0 radical (unpaired) electrons. The summed E-state index contributed by atoms with van der Waals surface area (Å²) in [4.78, 5) is 17.1. The number of aromatic nitrogens is 4. The van der Waals surface area contributed by atoms with Crippen LogP contribution in [-0.4, -0.2) is 26.2 Å². The van der Waals surface area contributed by atoms with E-state index in [1.54, 1.807) is 6.20 Å². The van der Waals surface area contributed by atoms with Crippen LogP contribution in [0.25, 0.3) is 11.0 Å². The molecular formula is C15H11N5S. The fraction of sp³-hybridized carbons (Fsp3) is 0.0667. The van der Waals surface area contributed by atoms with E-state index in [-0.39, 0.29) is 0 Å². The smallest absolute Gasteiger partial charge is 0.188 e. The van der Waals surface area contributed by atoms with Crippen molar-refractivity contribution in [1.82, 2.24) is 19.9 Å². The second kappa shape index (κ2) is 5.77. The lowest BCUT2D eigenvalue weighted by atomic mass is 10.2. The predicted octanol–water partition coefficient (Wildman–Crippen LogP) is 2.87. The summed E-state index contributed by atoms with van der Waals surface area (Å²) in [5.41, 5.74) is 3.04. The van der Waals surface area contributed by atoms with Gasteiger partial charge in [-0.1, -0.05) is 23.7 Å². The maximum absolute atomic E-state index is 5.41. The number of benzene rings is 1. The van der Waals surface area contributed by atoms with Crippen LogP contribution in [0, 0.1) is 12.3 Å². The van der Waals surface area contributed by atoms with E-state index in [0.717, 1.165) is 11.3 Å². The number of fused-ring (bicyclic) bond motifs is 1. The summed E-state index contributed by atoms with van der Waals surface area (Å²) in [5.74, 6) is 3.24. The van der Waals surface area contributed by atoms with E-state index in [0.29, 0.717) is 22.0 Å². The molecule has 0 spiro atoms. The minimum Gasteiger partial charge on any atom is -0.338 e. The van der Waals surface area contributed by atoms with Crippen LogP contribution in [0.15, 0.2) is 41.9 Å². The first-order chi connectivity index (χ1) is 10.3. The van der Waals surface area contributed by atoms with Crippen LogP contribution < -0.4 is 5.32 Å². The Bertz CT molecular complexity index is 841. The number of hydrogen-bond acceptors (Lipinski definition) is 6. The first-order valence-corrected chi connectivity index (χ1v) is 7.38. The molecular weight excluding hydrogens is 282 g/mol. The summed E-state index contributed by atoms with van der Waals surface area (Å²) in [7, 11) is 0. The Kier molecular flexibility index (Phi) is 3.67. The van der Waals surface area contributed by atoms with Gasteiger partial charge in [0.15, 0.2) is 11.0 Å². The molecule has 1 aromatic carbocycles. The van der Waals surface area contributed by atoms with Crippen molar-refractivity contribution in [2.75, 3.05) is 11.6 Å². The highest BCUT2D eigenvalue weighted by atomic mass is 32.2. The molecule has 102 valence electrons. The van der Waals surface area contributed by atoms with Crippen LogP contribution in [0.3, 0.4) is 0 Å². The van der Waals surface area contributed by atoms with Gasteiger partial charge in [-0.25, -0.2) is 19.9 Å². The zero-order chi connectivity index (χ0) is 14.7. The Hall–Kier alpha value is -2.65. The van der Waals surface area contributed by atoms with Crippen LogP contribution in [0.4, 0.5) is 11.5 Å². The third-order valence-electron chi connectivity index (χ3n) is 2.83. The molecule has 0 saturated heterocycles. The standard InChI is InChI=1S/C15H11N5S/c1-3-10-5-4-6-11(7-10)19-14-13-12(17-9-18-14)8-16-15(20-13)21-2/h1,4-9H,2H3,(H,17,18,19). The lowest BCUT2D eigenvalue weighted by molar-refractivity contribution is 0.993. The van der Waals surface area contributed by atoms with Gasteiger partial charge in [0.05, 0.1) is 6.20 Å². The van der Waals surface area contributed by atoms with Crippen molar-refractivity contribution in [2.45, 2.75) is 5.16 Å². The third kappa shape index (κ3) is 2.78. The fourth-order valence-electron chi connectivity index (χ4n) is 1.85. The van der Waals surface area contributed by atoms with E-state index in [9.17, 15) is 0 Å². The number of nitrogens with one attached hydrogen (secondary N) is 1. The minimum absolute atomic E-state index is 0.631.